The van der Waals surface area contributed by atoms with Gasteiger partial charge in [0.15, 0.2) is 11.3 Å². The van der Waals surface area contributed by atoms with Gasteiger partial charge in [-0.1, -0.05) is 6.07 Å². The van der Waals surface area contributed by atoms with Gasteiger partial charge in [-0.05, 0) is 30.3 Å². The molecule has 0 aliphatic heterocycles. The molecule has 0 saturated carbocycles. The molecule has 2 heterocycles. The van der Waals surface area contributed by atoms with E-state index in [0.717, 1.165) is 0 Å². The first-order valence-corrected chi connectivity index (χ1v) is 5.64. The lowest BCUT2D eigenvalue weighted by Gasteiger charge is -2.02. The first kappa shape index (κ1) is 11.4. The third kappa shape index (κ3) is 2.30. The molecule has 0 atom stereocenters. The van der Waals surface area contributed by atoms with E-state index >= 15 is 0 Å². The highest BCUT2D eigenvalue weighted by molar-refractivity contribution is 6.04. The van der Waals surface area contributed by atoms with Gasteiger partial charge >= 0.3 is 0 Å². The minimum absolute atomic E-state index is 0.137. The molecule has 2 aromatic heterocycles. The van der Waals surface area contributed by atoms with Crippen LogP contribution in [-0.4, -0.2) is 10.9 Å². The maximum atomic E-state index is 13.0. The summed E-state index contributed by atoms with van der Waals surface area (Å²) in [5, 5.41) is 2.56. The Hall–Kier alpha value is -2.69. The number of carbonyl (C=O) groups excluding carboxylic acids is 1. The fourth-order valence-electron chi connectivity index (χ4n) is 1.74. The van der Waals surface area contributed by atoms with E-state index in [-0.39, 0.29) is 5.76 Å². The van der Waals surface area contributed by atoms with E-state index in [4.69, 9.17) is 4.42 Å². The molecule has 0 aliphatic carbocycles. The molecule has 4 nitrogen and oxygen atoms in total. The van der Waals surface area contributed by atoms with E-state index in [0.29, 0.717) is 16.8 Å². The first-order chi connectivity index (χ1) is 9.22. The molecule has 1 N–H and O–H groups in total. The van der Waals surface area contributed by atoms with Crippen LogP contribution >= 0.6 is 0 Å². The molecule has 94 valence electrons. The van der Waals surface area contributed by atoms with Crippen molar-refractivity contribution in [3.05, 3.63) is 60.2 Å². The second kappa shape index (κ2) is 4.53. The van der Waals surface area contributed by atoms with E-state index in [1.807, 2.05) is 0 Å². The van der Waals surface area contributed by atoms with Crippen molar-refractivity contribution >= 4 is 22.7 Å². The lowest BCUT2D eigenvalue weighted by Crippen LogP contribution is -2.10. The zero-order chi connectivity index (χ0) is 13.2. The predicted molar refractivity (Wildman–Crippen MR) is 68.4 cm³/mol. The van der Waals surface area contributed by atoms with Crippen LogP contribution in [0.2, 0.25) is 0 Å². The Morgan fingerprint density at radius 2 is 2.11 bits per heavy atom. The molecule has 0 radical (unpaired) electrons. The second-order valence-corrected chi connectivity index (χ2v) is 3.96. The summed E-state index contributed by atoms with van der Waals surface area (Å²) >= 11 is 0. The number of hydrogen-bond donors (Lipinski definition) is 1. The first-order valence-electron chi connectivity index (χ1n) is 5.64. The molecule has 1 amide bonds. The smallest absolute Gasteiger partial charge is 0.291 e. The van der Waals surface area contributed by atoms with Crippen molar-refractivity contribution in [2.45, 2.75) is 0 Å². The fourth-order valence-corrected chi connectivity index (χ4v) is 1.74. The highest BCUT2D eigenvalue weighted by Crippen LogP contribution is 2.18. The number of furan rings is 1. The Bertz CT molecular complexity index is 719. The minimum Gasteiger partial charge on any atom is -0.449 e. The zero-order valence-corrected chi connectivity index (χ0v) is 9.76. The van der Waals surface area contributed by atoms with Crippen LogP contribution in [0.25, 0.3) is 11.1 Å². The molecule has 5 heteroatoms. The fraction of sp³-hybridized carbons (Fsp3) is 0. The van der Waals surface area contributed by atoms with Crippen LogP contribution in [0, 0.1) is 5.82 Å². The highest BCUT2D eigenvalue weighted by Gasteiger charge is 2.13. The van der Waals surface area contributed by atoms with E-state index in [1.165, 1.54) is 18.2 Å². The molecule has 0 saturated heterocycles. The molecular formula is C14H9FN2O2. The number of carbonyl (C=O) groups is 1. The van der Waals surface area contributed by atoms with Gasteiger partial charge in [-0.2, -0.15) is 0 Å². The number of benzene rings is 1. The predicted octanol–water partition coefficient (Wildman–Crippen LogP) is 3.22. The molecule has 0 bridgehead atoms. The molecule has 0 fully saturated rings. The minimum atomic E-state index is -0.441. The molecule has 0 aliphatic rings. The summed E-state index contributed by atoms with van der Waals surface area (Å²) in [5.41, 5.74) is 1.51. The Morgan fingerprint density at radius 3 is 2.89 bits per heavy atom. The number of nitrogens with one attached hydrogen (secondary N) is 1. The van der Waals surface area contributed by atoms with Crippen molar-refractivity contribution in [3.63, 3.8) is 0 Å². The quantitative estimate of drug-likeness (QED) is 0.765. The summed E-state index contributed by atoms with van der Waals surface area (Å²) in [6, 6.07) is 10.7. The van der Waals surface area contributed by atoms with E-state index in [2.05, 4.69) is 10.3 Å². The Balaban J connectivity index is 1.87. The Morgan fingerprint density at radius 1 is 1.21 bits per heavy atom. The SMILES string of the molecule is O=C(Nc1cccc(F)c1)c1cc2ncccc2o1. The maximum absolute atomic E-state index is 13.0. The van der Waals surface area contributed by atoms with Crippen LogP contribution in [0.15, 0.2) is 53.1 Å². The normalized spacial score (nSPS) is 10.6. The lowest BCUT2D eigenvalue weighted by atomic mass is 10.3. The van der Waals surface area contributed by atoms with Gasteiger partial charge in [-0.25, -0.2) is 4.39 Å². The van der Waals surface area contributed by atoms with Crippen molar-refractivity contribution < 1.29 is 13.6 Å². The monoisotopic (exact) mass is 256 g/mol. The molecule has 3 aromatic rings. The van der Waals surface area contributed by atoms with Crippen LogP contribution < -0.4 is 5.32 Å². The van der Waals surface area contributed by atoms with Gasteiger partial charge in [-0.3, -0.25) is 9.78 Å². The standard InChI is InChI=1S/C14H9FN2O2/c15-9-3-1-4-10(7-9)17-14(18)13-8-11-12(19-13)5-2-6-16-11/h1-8H,(H,17,18). The summed E-state index contributed by atoms with van der Waals surface area (Å²) in [7, 11) is 0. The maximum Gasteiger partial charge on any atom is 0.291 e. The number of amides is 1. The number of rotatable bonds is 2. The van der Waals surface area contributed by atoms with Gasteiger partial charge in [0.2, 0.25) is 0 Å². The lowest BCUT2D eigenvalue weighted by molar-refractivity contribution is 0.0998. The van der Waals surface area contributed by atoms with Gasteiger partial charge < -0.3 is 9.73 Å². The topological polar surface area (TPSA) is 55.1 Å². The number of nitrogens with zero attached hydrogens (tertiary/aromatic N) is 1. The molecule has 1 aromatic carbocycles. The molecule has 3 rings (SSSR count). The Kier molecular flexibility index (Phi) is 2.72. The van der Waals surface area contributed by atoms with Crippen LogP contribution in [0.1, 0.15) is 10.6 Å². The van der Waals surface area contributed by atoms with Gasteiger partial charge in [0.05, 0.1) is 0 Å². The van der Waals surface area contributed by atoms with Gasteiger partial charge in [-0.15, -0.1) is 0 Å². The van der Waals surface area contributed by atoms with Crippen molar-refractivity contribution in [3.8, 4) is 0 Å². The second-order valence-electron chi connectivity index (χ2n) is 3.96. The van der Waals surface area contributed by atoms with Crippen LogP contribution in [0.3, 0.4) is 0 Å². The Labute approximate surface area is 107 Å². The average molecular weight is 256 g/mol. The van der Waals surface area contributed by atoms with Crippen molar-refractivity contribution in [2.24, 2.45) is 0 Å². The van der Waals surface area contributed by atoms with Gasteiger partial charge in [0.1, 0.15) is 11.3 Å². The van der Waals surface area contributed by atoms with E-state index < -0.39 is 11.7 Å². The molecule has 19 heavy (non-hydrogen) atoms. The largest absolute Gasteiger partial charge is 0.449 e. The number of halogens is 1. The summed E-state index contributed by atoms with van der Waals surface area (Å²) in [5.74, 6) is -0.717. The highest BCUT2D eigenvalue weighted by atomic mass is 19.1. The molecule has 0 unspecified atom stereocenters. The van der Waals surface area contributed by atoms with Gasteiger partial charge in [0.25, 0.3) is 5.91 Å². The summed E-state index contributed by atoms with van der Waals surface area (Å²) in [4.78, 5) is 16.0. The third-order valence-electron chi connectivity index (χ3n) is 2.59. The van der Waals surface area contributed by atoms with Crippen molar-refractivity contribution in [1.82, 2.24) is 4.98 Å². The number of pyridine rings is 1. The van der Waals surface area contributed by atoms with Crippen LogP contribution in [0.5, 0.6) is 0 Å². The summed E-state index contributed by atoms with van der Waals surface area (Å²) in [6.45, 7) is 0. The van der Waals surface area contributed by atoms with Crippen molar-refractivity contribution in [1.29, 1.82) is 0 Å². The number of anilines is 1. The van der Waals surface area contributed by atoms with Crippen molar-refractivity contribution in [2.75, 3.05) is 5.32 Å². The van der Waals surface area contributed by atoms with Crippen LogP contribution in [0.4, 0.5) is 10.1 Å². The summed E-state index contributed by atoms with van der Waals surface area (Å²) < 4.78 is 18.4. The number of fused-ring (bicyclic) bond motifs is 1. The average Bonchev–Trinajstić information content (AvgIpc) is 2.82. The van der Waals surface area contributed by atoms with Gasteiger partial charge in [0, 0.05) is 18.0 Å². The van der Waals surface area contributed by atoms with E-state index in [9.17, 15) is 9.18 Å². The van der Waals surface area contributed by atoms with E-state index in [1.54, 1.807) is 30.5 Å². The number of hydrogen-bond acceptors (Lipinski definition) is 3. The number of aromatic nitrogens is 1. The molecular weight excluding hydrogens is 247 g/mol. The molecule has 0 spiro atoms. The summed E-state index contributed by atoms with van der Waals surface area (Å²) in [6.07, 6.45) is 1.62. The zero-order valence-electron chi connectivity index (χ0n) is 9.76. The third-order valence-corrected chi connectivity index (χ3v) is 2.59. The van der Waals surface area contributed by atoms with Crippen LogP contribution in [-0.2, 0) is 0 Å².